The summed E-state index contributed by atoms with van der Waals surface area (Å²) < 4.78 is 0. The second-order valence-corrected chi connectivity index (χ2v) is 6.28. The number of carbonyl (C=O) groups excluding carboxylic acids is 1. The third kappa shape index (κ3) is 5.57. The van der Waals surface area contributed by atoms with Crippen LogP contribution >= 0.6 is 0 Å². The summed E-state index contributed by atoms with van der Waals surface area (Å²) in [5, 5.41) is 29.8. The molecule has 0 fully saturated rings. The Morgan fingerprint density at radius 3 is 1.94 bits per heavy atom. The molecule has 1 amide bonds. The zero-order valence-corrected chi connectivity index (χ0v) is 16.4. The van der Waals surface area contributed by atoms with Gasteiger partial charge in [-0.1, -0.05) is 30.3 Å². The molecule has 0 aromatic heterocycles. The van der Waals surface area contributed by atoms with Crippen LogP contribution in [0.2, 0.25) is 0 Å². The molecule has 3 aromatic rings. The molecule has 11 heteroatoms. The van der Waals surface area contributed by atoms with Crippen molar-refractivity contribution in [1.29, 1.82) is 0 Å². The fraction of sp³-hybridized carbons (Fsp3) is 0. The topological polar surface area (TPSA) is 152 Å². The fourth-order valence-electron chi connectivity index (χ4n) is 2.66. The maximum atomic E-state index is 12.3. The predicted octanol–water partition coefficient (Wildman–Crippen LogP) is 3.71. The van der Waals surface area contributed by atoms with Crippen molar-refractivity contribution >= 4 is 35.4 Å². The summed E-state index contributed by atoms with van der Waals surface area (Å²) in [7, 11) is 0. The lowest BCUT2D eigenvalue weighted by Crippen LogP contribution is -2.17. The minimum Gasteiger partial charge on any atom is -0.278 e. The monoisotopic (exact) mass is 432 g/mol. The predicted molar refractivity (Wildman–Crippen MR) is 119 cm³/mol. The molecule has 0 aliphatic rings. The summed E-state index contributed by atoms with van der Waals surface area (Å²) in [6.07, 6.45) is 2.50. The van der Waals surface area contributed by atoms with Crippen LogP contribution in [-0.4, -0.2) is 28.2 Å². The third-order valence-electron chi connectivity index (χ3n) is 4.16. The van der Waals surface area contributed by atoms with Crippen LogP contribution in [-0.2, 0) is 0 Å². The van der Waals surface area contributed by atoms with Crippen LogP contribution in [0.15, 0.2) is 83.0 Å². The minimum atomic E-state index is -0.539. The van der Waals surface area contributed by atoms with Gasteiger partial charge in [0.15, 0.2) is 0 Å². The Balaban J connectivity index is 1.65. The van der Waals surface area contributed by atoms with E-state index in [0.29, 0.717) is 11.3 Å². The molecule has 11 nitrogen and oxygen atoms in total. The van der Waals surface area contributed by atoms with Gasteiger partial charge in [0.2, 0.25) is 0 Å². The summed E-state index contributed by atoms with van der Waals surface area (Å²) in [5.41, 5.74) is 6.10. The van der Waals surface area contributed by atoms with E-state index in [1.165, 1.54) is 42.8 Å². The van der Waals surface area contributed by atoms with Crippen molar-refractivity contribution in [3.05, 3.63) is 110 Å². The standard InChI is InChI=1S/C21H16N6O5/c28-21(25-23-14-17-7-2-4-11-20(17)27(31)32)15-8-5-9-18(12-15)24-22-13-16-6-1-3-10-19(16)26(29)30/h1-14,24H,(H,25,28)/b22-13+,23-14+. The first-order valence-corrected chi connectivity index (χ1v) is 9.15. The Morgan fingerprint density at radius 2 is 1.34 bits per heavy atom. The van der Waals surface area contributed by atoms with Crippen molar-refractivity contribution in [3.63, 3.8) is 0 Å². The summed E-state index contributed by atoms with van der Waals surface area (Å²) in [6, 6.07) is 18.5. The number of anilines is 1. The zero-order chi connectivity index (χ0) is 22.9. The molecule has 0 radical (unpaired) electrons. The Morgan fingerprint density at radius 1 is 0.781 bits per heavy atom. The van der Waals surface area contributed by atoms with Gasteiger partial charge in [-0.25, -0.2) is 5.43 Å². The molecule has 0 aliphatic heterocycles. The number of nitro benzene ring substituents is 2. The van der Waals surface area contributed by atoms with Crippen molar-refractivity contribution < 1.29 is 14.6 Å². The van der Waals surface area contributed by atoms with E-state index in [4.69, 9.17) is 0 Å². The van der Waals surface area contributed by atoms with Gasteiger partial charge in [-0.15, -0.1) is 0 Å². The smallest absolute Gasteiger partial charge is 0.278 e. The lowest BCUT2D eigenvalue weighted by molar-refractivity contribution is -0.385. The number of carbonyl (C=O) groups is 1. The molecule has 0 unspecified atom stereocenters. The molecule has 0 saturated heterocycles. The van der Waals surface area contributed by atoms with Gasteiger partial charge in [0.25, 0.3) is 17.3 Å². The number of rotatable bonds is 8. The van der Waals surface area contributed by atoms with E-state index in [-0.39, 0.29) is 22.5 Å². The minimum absolute atomic E-state index is 0.0808. The van der Waals surface area contributed by atoms with E-state index >= 15 is 0 Å². The van der Waals surface area contributed by atoms with Gasteiger partial charge in [0.1, 0.15) is 0 Å². The highest BCUT2D eigenvalue weighted by atomic mass is 16.6. The second-order valence-electron chi connectivity index (χ2n) is 6.28. The maximum absolute atomic E-state index is 12.3. The van der Waals surface area contributed by atoms with Crippen molar-refractivity contribution in [2.75, 3.05) is 5.43 Å². The molecule has 160 valence electrons. The Kier molecular flexibility index (Phi) is 6.94. The average molecular weight is 432 g/mol. The maximum Gasteiger partial charge on any atom is 0.278 e. The average Bonchev–Trinajstić information content (AvgIpc) is 2.79. The molecular weight excluding hydrogens is 416 g/mol. The lowest BCUT2D eigenvalue weighted by Gasteiger charge is -2.04. The van der Waals surface area contributed by atoms with Crippen LogP contribution in [0.3, 0.4) is 0 Å². The third-order valence-corrected chi connectivity index (χ3v) is 4.16. The molecule has 3 rings (SSSR count). The van der Waals surface area contributed by atoms with Crippen molar-refractivity contribution in [3.8, 4) is 0 Å². The van der Waals surface area contributed by atoms with Gasteiger partial charge in [-0.3, -0.25) is 30.4 Å². The number of nitrogens with zero attached hydrogens (tertiary/aromatic N) is 4. The zero-order valence-electron chi connectivity index (χ0n) is 16.4. The SMILES string of the molecule is O=C(N/N=C/c1ccccc1[N+](=O)[O-])c1cccc(N/N=C/c2ccccc2[N+](=O)[O-])c1. The van der Waals surface area contributed by atoms with E-state index < -0.39 is 15.8 Å². The van der Waals surface area contributed by atoms with E-state index in [1.54, 1.807) is 42.5 Å². The molecule has 32 heavy (non-hydrogen) atoms. The number of nitrogens with one attached hydrogen (secondary N) is 2. The van der Waals surface area contributed by atoms with Gasteiger partial charge in [-0.05, 0) is 30.3 Å². The summed E-state index contributed by atoms with van der Waals surface area (Å²) in [4.78, 5) is 33.3. The van der Waals surface area contributed by atoms with Crippen LogP contribution in [0.5, 0.6) is 0 Å². The molecule has 0 aliphatic carbocycles. The molecule has 0 spiro atoms. The molecule has 0 atom stereocenters. The largest absolute Gasteiger partial charge is 0.278 e. The first-order chi connectivity index (χ1) is 15.5. The van der Waals surface area contributed by atoms with Crippen LogP contribution in [0, 0.1) is 20.2 Å². The molecule has 0 heterocycles. The summed E-state index contributed by atoms with van der Waals surface area (Å²) in [6.45, 7) is 0. The number of nitro groups is 2. The number of hydrogen-bond acceptors (Lipinski definition) is 8. The molecule has 0 saturated carbocycles. The summed E-state index contributed by atoms with van der Waals surface area (Å²) in [5.74, 6) is -0.536. The lowest BCUT2D eigenvalue weighted by atomic mass is 10.2. The number of hydrogen-bond donors (Lipinski definition) is 2. The van der Waals surface area contributed by atoms with Crippen molar-refractivity contribution in [2.24, 2.45) is 10.2 Å². The highest BCUT2D eigenvalue weighted by Gasteiger charge is 2.11. The van der Waals surface area contributed by atoms with Gasteiger partial charge in [0.05, 0.1) is 39.1 Å². The van der Waals surface area contributed by atoms with Gasteiger partial charge < -0.3 is 0 Å². The number of hydrazone groups is 2. The fourth-order valence-corrected chi connectivity index (χ4v) is 2.66. The van der Waals surface area contributed by atoms with E-state index in [9.17, 15) is 25.0 Å². The Bertz CT molecular complexity index is 1220. The van der Waals surface area contributed by atoms with E-state index in [1.807, 2.05) is 0 Å². The Labute approximate surface area is 181 Å². The van der Waals surface area contributed by atoms with Crippen LogP contribution in [0.25, 0.3) is 0 Å². The van der Waals surface area contributed by atoms with Gasteiger partial charge in [-0.2, -0.15) is 10.2 Å². The highest BCUT2D eigenvalue weighted by Crippen LogP contribution is 2.17. The number of amides is 1. The number of benzene rings is 3. The highest BCUT2D eigenvalue weighted by molar-refractivity contribution is 5.96. The first kappa shape index (κ1) is 21.8. The van der Waals surface area contributed by atoms with Crippen LogP contribution < -0.4 is 10.9 Å². The molecule has 3 aromatic carbocycles. The number of para-hydroxylation sites is 2. The van der Waals surface area contributed by atoms with Crippen molar-refractivity contribution in [2.45, 2.75) is 0 Å². The van der Waals surface area contributed by atoms with Gasteiger partial charge in [0, 0.05) is 17.7 Å². The summed E-state index contributed by atoms with van der Waals surface area (Å²) >= 11 is 0. The Hall–Kier alpha value is -4.93. The molecular formula is C21H16N6O5. The normalized spacial score (nSPS) is 10.9. The van der Waals surface area contributed by atoms with Gasteiger partial charge >= 0.3 is 0 Å². The molecule has 2 N–H and O–H groups in total. The quantitative estimate of drug-likeness (QED) is 0.314. The van der Waals surface area contributed by atoms with E-state index in [2.05, 4.69) is 21.1 Å². The first-order valence-electron chi connectivity index (χ1n) is 9.15. The van der Waals surface area contributed by atoms with Crippen LogP contribution in [0.4, 0.5) is 17.1 Å². The second kappa shape index (κ2) is 10.2. The van der Waals surface area contributed by atoms with Crippen LogP contribution in [0.1, 0.15) is 21.5 Å². The molecule has 0 bridgehead atoms. The van der Waals surface area contributed by atoms with Crippen molar-refractivity contribution in [1.82, 2.24) is 5.43 Å². The van der Waals surface area contributed by atoms with E-state index in [0.717, 1.165) is 0 Å².